The van der Waals surface area contributed by atoms with Crippen molar-refractivity contribution in [3.8, 4) is 5.69 Å². The van der Waals surface area contributed by atoms with Gasteiger partial charge in [0.2, 0.25) is 0 Å². The maximum atomic E-state index is 13.0. The Bertz CT molecular complexity index is 1140. The van der Waals surface area contributed by atoms with Crippen LogP contribution in [0, 0.1) is 10.1 Å². The quantitative estimate of drug-likeness (QED) is 0.477. The first-order valence-corrected chi connectivity index (χ1v) is 10.1. The molecule has 2 aliphatic carbocycles. The van der Waals surface area contributed by atoms with Gasteiger partial charge in [0.1, 0.15) is 11.5 Å². The van der Waals surface area contributed by atoms with Gasteiger partial charge in [-0.05, 0) is 56.4 Å². The number of nitrogens with zero attached hydrogens (tertiary/aromatic N) is 3. The number of carbonyl (C=O) groups excluding carboxylic acids is 1. The lowest BCUT2D eigenvalue weighted by Gasteiger charge is -2.12. The number of nitro benzene ring substituents is 1. The summed E-state index contributed by atoms with van der Waals surface area (Å²) >= 11 is 0. The highest BCUT2D eigenvalue weighted by Gasteiger charge is 2.27. The molecule has 1 saturated carbocycles. The Labute approximate surface area is 173 Å². The average Bonchev–Trinajstić information content (AvgIpc) is 3.33. The molecule has 0 aliphatic heterocycles. The molecule has 5 rings (SSSR count). The molecule has 1 amide bonds. The summed E-state index contributed by atoms with van der Waals surface area (Å²) in [5, 5.41) is 22.3. The van der Waals surface area contributed by atoms with E-state index in [0.717, 1.165) is 49.0 Å². The second-order valence-electron chi connectivity index (χ2n) is 7.74. The van der Waals surface area contributed by atoms with Crippen LogP contribution >= 0.6 is 0 Å². The number of nitrogens with one attached hydrogen (secondary N) is 2. The molecule has 0 radical (unpaired) electrons. The Morgan fingerprint density at radius 2 is 1.93 bits per heavy atom. The van der Waals surface area contributed by atoms with Crippen molar-refractivity contribution >= 4 is 23.1 Å². The van der Waals surface area contributed by atoms with Crippen LogP contribution in [0.3, 0.4) is 0 Å². The molecule has 0 spiro atoms. The summed E-state index contributed by atoms with van der Waals surface area (Å²) in [5.74, 6) is 0.254. The first kappa shape index (κ1) is 18.4. The number of fused-ring (bicyclic) bond motifs is 1. The Hall–Kier alpha value is -3.68. The van der Waals surface area contributed by atoms with E-state index < -0.39 is 4.92 Å². The molecule has 0 bridgehead atoms. The van der Waals surface area contributed by atoms with Crippen LogP contribution < -0.4 is 10.6 Å². The Balaban J connectivity index is 1.47. The van der Waals surface area contributed by atoms with E-state index in [2.05, 4.69) is 10.6 Å². The number of aromatic nitrogens is 2. The number of rotatable bonds is 6. The van der Waals surface area contributed by atoms with Crippen LogP contribution in [0.5, 0.6) is 0 Å². The van der Waals surface area contributed by atoms with Crippen molar-refractivity contribution in [2.24, 2.45) is 0 Å². The molecule has 2 N–H and O–H groups in total. The minimum Gasteiger partial charge on any atom is -0.377 e. The van der Waals surface area contributed by atoms with Crippen molar-refractivity contribution in [2.45, 2.75) is 38.1 Å². The largest absolute Gasteiger partial charge is 0.377 e. The molecule has 8 heteroatoms. The molecule has 8 nitrogen and oxygen atoms in total. The second-order valence-corrected chi connectivity index (χ2v) is 7.74. The number of hydrogen-bond acceptors (Lipinski definition) is 5. The molecule has 1 heterocycles. The monoisotopic (exact) mass is 403 g/mol. The lowest BCUT2D eigenvalue weighted by molar-refractivity contribution is -0.384. The average molecular weight is 403 g/mol. The van der Waals surface area contributed by atoms with Gasteiger partial charge in [-0.25, -0.2) is 4.68 Å². The van der Waals surface area contributed by atoms with E-state index in [0.29, 0.717) is 11.5 Å². The van der Waals surface area contributed by atoms with Crippen molar-refractivity contribution in [1.82, 2.24) is 9.78 Å². The smallest absolute Gasteiger partial charge is 0.293 e. The van der Waals surface area contributed by atoms with Crippen LogP contribution in [0.15, 0.2) is 48.5 Å². The molecule has 30 heavy (non-hydrogen) atoms. The zero-order valence-corrected chi connectivity index (χ0v) is 16.3. The van der Waals surface area contributed by atoms with E-state index in [9.17, 15) is 14.9 Å². The fourth-order valence-electron chi connectivity index (χ4n) is 3.85. The van der Waals surface area contributed by atoms with Gasteiger partial charge in [-0.1, -0.05) is 18.2 Å². The van der Waals surface area contributed by atoms with Crippen LogP contribution in [-0.4, -0.2) is 26.7 Å². The summed E-state index contributed by atoms with van der Waals surface area (Å²) in [6, 6.07) is 14.5. The summed E-state index contributed by atoms with van der Waals surface area (Å²) in [5.41, 5.74) is 3.50. The van der Waals surface area contributed by atoms with E-state index in [-0.39, 0.29) is 23.2 Å². The minimum atomic E-state index is -0.451. The predicted molar refractivity (Wildman–Crippen MR) is 113 cm³/mol. The van der Waals surface area contributed by atoms with Crippen molar-refractivity contribution < 1.29 is 9.72 Å². The van der Waals surface area contributed by atoms with Crippen LogP contribution in [-0.2, 0) is 12.8 Å². The maximum Gasteiger partial charge on any atom is 0.293 e. The highest BCUT2D eigenvalue weighted by Crippen LogP contribution is 2.33. The molecular weight excluding hydrogens is 382 g/mol. The molecule has 1 fully saturated rings. The van der Waals surface area contributed by atoms with Crippen molar-refractivity contribution in [3.63, 3.8) is 0 Å². The van der Waals surface area contributed by atoms with E-state index in [1.807, 2.05) is 30.3 Å². The highest BCUT2D eigenvalue weighted by molar-refractivity contribution is 6.05. The van der Waals surface area contributed by atoms with Gasteiger partial charge in [-0.3, -0.25) is 14.9 Å². The summed E-state index contributed by atoms with van der Waals surface area (Å²) < 4.78 is 1.75. The molecule has 2 aliphatic rings. The third-order valence-corrected chi connectivity index (χ3v) is 5.53. The zero-order chi connectivity index (χ0) is 20.7. The number of hydrogen-bond donors (Lipinski definition) is 2. The van der Waals surface area contributed by atoms with Crippen LogP contribution in [0.1, 0.15) is 40.9 Å². The van der Waals surface area contributed by atoms with E-state index in [1.165, 1.54) is 6.07 Å². The molecule has 152 valence electrons. The fourth-order valence-corrected chi connectivity index (χ4v) is 3.85. The van der Waals surface area contributed by atoms with Crippen LogP contribution in [0.25, 0.3) is 5.69 Å². The van der Waals surface area contributed by atoms with Gasteiger partial charge >= 0.3 is 0 Å². The van der Waals surface area contributed by atoms with Crippen LogP contribution in [0.2, 0.25) is 0 Å². The van der Waals surface area contributed by atoms with Gasteiger partial charge in [0.25, 0.3) is 11.6 Å². The molecule has 0 unspecified atom stereocenters. The molecule has 1 aromatic heterocycles. The summed E-state index contributed by atoms with van der Waals surface area (Å²) in [6.45, 7) is 0. The first-order valence-electron chi connectivity index (χ1n) is 10.1. The van der Waals surface area contributed by atoms with E-state index in [4.69, 9.17) is 5.10 Å². The third-order valence-electron chi connectivity index (χ3n) is 5.53. The second kappa shape index (κ2) is 7.29. The van der Waals surface area contributed by atoms with Gasteiger partial charge in [0.05, 0.1) is 16.3 Å². The Morgan fingerprint density at radius 3 is 2.67 bits per heavy atom. The van der Waals surface area contributed by atoms with Gasteiger partial charge in [0, 0.05) is 23.2 Å². The number of para-hydroxylation sites is 1. The van der Waals surface area contributed by atoms with Crippen molar-refractivity contribution in [1.29, 1.82) is 0 Å². The SMILES string of the molecule is O=C(Nc1c2c(nn1-c1ccccc1)CCC2)c1ccc(NC2CC2)c([N+](=O)[O-])c1. The number of carbonyl (C=O) groups is 1. The molecule has 2 aromatic carbocycles. The number of anilines is 2. The first-order chi connectivity index (χ1) is 14.6. The van der Waals surface area contributed by atoms with E-state index >= 15 is 0 Å². The Morgan fingerprint density at radius 1 is 1.13 bits per heavy atom. The van der Waals surface area contributed by atoms with Gasteiger partial charge in [-0.2, -0.15) is 5.10 Å². The molecular formula is C22H21N5O3. The van der Waals surface area contributed by atoms with Gasteiger partial charge in [0.15, 0.2) is 0 Å². The normalized spacial score (nSPS) is 14.9. The number of benzene rings is 2. The summed E-state index contributed by atoms with van der Waals surface area (Å²) in [4.78, 5) is 24.1. The lowest BCUT2D eigenvalue weighted by Crippen LogP contribution is -2.17. The van der Waals surface area contributed by atoms with Crippen molar-refractivity contribution in [2.75, 3.05) is 10.6 Å². The predicted octanol–water partition coefficient (Wildman–Crippen LogP) is 4.10. The van der Waals surface area contributed by atoms with Gasteiger partial charge < -0.3 is 10.6 Å². The maximum absolute atomic E-state index is 13.0. The summed E-state index contributed by atoms with van der Waals surface area (Å²) in [6.07, 6.45) is 4.75. The lowest BCUT2D eigenvalue weighted by atomic mass is 10.1. The fraction of sp³-hybridized carbons (Fsp3) is 0.273. The minimum absolute atomic E-state index is 0.0867. The number of amides is 1. The van der Waals surface area contributed by atoms with Gasteiger partial charge in [-0.15, -0.1) is 0 Å². The summed E-state index contributed by atoms with van der Waals surface area (Å²) in [7, 11) is 0. The Kier molecular flexibility index (Phi) is 4.46. The zero-order valence-electron chi connectivity index (χ0n) is 16.3. The van der Waals surface area contributed by atoms with Crippen LogP contribution in [0.4, 0.5) is 17.2 Å². The number of aryl methyl sites for hydroxylation is 1. The molecule has 0 saturated heterocycles. The standard InChI is InChI=1S/C22H21N5O3/c28-22(14-9-12-19(23-15-10-11-15)20(13-14)27(29)30)24-21-17-7-4-8-18(17)25-26(21)16-5-2-1-3-6-16/h1-3,5-6,9,12-13,15,23H,4,7-8,10-11H2,(H,24,28). The molecule has 0 atom stereocenters. The topological polar surface area (TPSA) is 102 Å². The third kappa shape index (κ3) is 3.41. The van der Waals surface area contributed by atoms with Crippen molar-refractivity contribution in [3.05, 3.63) is 75.5 Å². The molecule has 3 aromatic rings. The number of nitro groups is 1. The highest BCUT2D eigenvalue weighted by atomic mass is 16.6. The van der Waals surface area contributed by atoms with E-state index in [1.54, 1.807) is 16.8 Å².